The number of aromatic nitrogens is 2. The molecule has 2 heterocycles. The van der Waals surface area contributed by atoms with Gasteiger partial charge in [-0.1, -0.05) is 6.92 Å². The largest absolute Gasteiger partial charge is 0.329 e. The van der Waals surface area contributed by atoms with Crippen LogP contribution >= 0.6 is 0 Å². The number of carbonyl (C=O) groups is 1. The summed E-state index contributed by atoms with van der Waals surface area (Å²) in [7, 11) is 0. The zero-order valence-electron chi connectivity index (χ0n) is 11.0. The highest BCUT2D eigenvalue weighted by molar-refractivity contribution is 5.97. The van der Waals surface area contributed by atoms with Crippen LogP contribution in [-0.2, 0) is 6.54 Å². The molecule has 1 atom stereocenters. The number of ketones is 1. The van der Waals surface area contributed by atoms with Gasteiger partial charge in [0.1, 0.15) is 0 Å². The van der Waals surface area contributed by atoms with E-state index >= 15 is 0 Å². The molecule has 1 saturated heterocycles. The average molecular weight is 247 g/mol. The molecule has 0 amide bonds. The molecule has 1 N–H and O–H groups in total. The number of aryl methyl sites for hydroxylation is 1. The maximum Gasteiger partial charge on any atom is 0.201 e. The minimum atomic E-state index is 0.234. The van der Waals surface area contributed by atoms with Gasteiger partial charge in [0.05, 0.1) is 0 Å². The highest BCUT2D eigenvalue weighted by Crippen LogP contribution is 2.59. The summed E-state index contributed by atoms with van der Waals surface area (Å²) < 4.78 is 2.01. The van der Waals surface area contributed by atoms with Crippen molar-refractivity contribution in [2.24, 2.45) is 11.3 Å². The molecule has 3 rings (SSSR count). The summed E-state index contributed by atoms with van der Waals surface area (Å²) in [5.41, 5.74) is 0.311. The average Bonchev–Trinajstić information content (AvgIpc) is 2.87. The van der Waals surface area contributed by atoms with Crippen molar-refractivity contribution in [1.82, 2.24) is 14.9 Å². The maximum absolute atomic E-state index is 12.5. The van der Waals surface area contributed by atoms with E-state index in [2.05, 4.69) is 17.2 Å². The van der Waals surface area contributed by atoms with Crippen molar-refractivity contribution in [2.45, 2.75) is 39.2 Å². The van der Waals surface area contributed by atoms with Crippen LogP contribution in [0.5, 0.6) is 0 Å². The Balaban J connectivity index is 1.74. The molecule has 4 nitrogen and oxygen atoms in total. The van der Waals surface area contributed by atoms with Crippen molar-refractivity contribution in [3.05, 3.63) is 18.2 Å². The number of nitrogens with zero attached hydrogens (tertiary/aromatic N) is 2. The lowest BCUT2D eigenvalue weighted by atomic mass is 9.90. The van der Waals surface area contributed by atoms with E-state index in [1.54, 1.807) is 6.20 Å². The molecule has 18 heavy (non-hydrogen) atoms. The Labute approximate surface area is 108 Å². The molecule has 1 saturated carbocycles. The van der Waals surface area contributed by atoms with Crippen molar-refractivity contribution in [3.8, 4) is 0 Å². The minimum Gasteiger partial charge on any atom is -0.329 e. The fourth-order valence-electron chi connectivity index (χ4n) is 3.31. The molecule has 98 valence electrons. The lowest BCUT2D eigenvalue weighted by molar-refractivity contribution is 0.0925. The molecule has 1 aromatic rings. The van der Waals surface area contributed by atoms with Crippen molar-refractivity contribution in [3.63, 3.8) is 0 Å². The standard InChI is InChI=1S/C14H21N3O/c1-2-8-17-9-7-16-13(17)12(18)11-10-14(11)3-5-15-6-4-14/h7,9,11,15H,2-6,8,10H2,1H3. The van der Waals surface area contributed by atoms with Crippen LogP contribution in [0.2, 0.25) is 0 Å². The number of carbonyl (C=O) groups excluding carboxylic acids is 1. The van der Waals surface area contributed by atoms with Gasteiger partial charge < -0.3 is 9.88 Å². The van der Waals surface area contributed by atoms with Crippen molar-refractivity contribution in [2.75, 3.05) is 13.1 Å². The quantitative estimate of drug-likeness (QED) is 0.826. The summed E-state index contributed by atoms with van der Waals surface area (Å²) in [6, 6.07) is 0. The fourth-order valence-corrected chi connectivity index (χ4v) is 3.31. The number of hydrogen-bond acceptors (Lipinski definition) is 3. The van der Waals surface area contributed by atoms with Crippen LogP contribution in [0.4, 0.5) is 0 Å². The molecular weight excluding hydrogens is 226 g/mol. The number of Topliss-reactive ketones (excluding diaryl/α,β-unsaturated/α-hetero) is 1. The van der Waals surface area contributed by atoms with Crippen LogP contribution in [0.15, 0.2) is 12.4 Å². The molecule has 1 unspecified atom stereocenters. The Morgan fingerprint density at radius 2 is 2.33 bits per heavy atom. The smallest absolute Gasteiger partial charge is 0.201 e. The molecular formula is C14H21N3O. The molecule has 2 fully saturated rings. The molecule has 0 radical (unpaired) electrons. The van der Waals surface area contributed by atoms with Crippen LogP contribution < -0.4 is 5.32 Å². The summed E-state index contributed by atoms with van der Waals surface area (Å²) in [5, 5.41) is 3.37. The minimum absolute atomic E-state index is 0.234. The molecule has 1 spiro atoms. The number of piperidine rings is 1. The third-order valence-corrected chi connectivity index (χ3v) is 4.51. The van der Waals surface area contributed by atoms with Gasteiger partial charge in [-0.3, -0.25) is 4.79 Å². The molecule has 0 bridgehead atoms. The Morgan fingerprint density at radius 3 is 3.06 bits per heavy atom. The van der Waals surface area contributed by atoms with Gasteiger partial charge in [-0.25, -0.2) is 4.98 Å². The second kappa shape index (κ2) is 4.50. The van der Waals surface area contributed by atoms with Gasteiger partial charge in [-0.05, 0) is 44.2 Å². The molecule has 1 aliphatic heterocycles. The van der Waals surface area contributed by atoms with E-state index < -0.39 is 0 Å². The van der Waals surface area contributed by atoms with E-state index in [0.29, 0.717) is 11.2 Å². The third kappa shape index (κ3) is 1.88. The normalized spacial score (nSPS) is 25.3. The summed E-state index contributed by atoms with van der Waals surface area (Å²) >= 11 is 0. The fraction of sp³-hybridized carbons (Fsp3) is 0.714. The molecule has 1 aliphatic carbocycles. The predicted molar refractivity (Wildman–Crippen MR) is 69.5 cm³/mol. The van der Waals surface area contributed by atoms with Gasteiger partial charge in [0.15, 0.2) is 5.82 Å². The zero-order chi connectivity index (χ0) is 12.6. The number of rotatable bonds is 4. The lowest BCUT2D eigenvalue weighted by Crippen LogP contribution is -2.31. The van der Waals surface area contributed by atoms with E-state index in [9.17, 15) is 4.79 Å². The van der Waals surface area contributed by atoms with Gasteiger partial charge in [-0.2, -0.15) is 0 Å². The Bertz CT molecular complexity index is 446. The van der Waals surface area contributed by atoms with Gasteiger partial charge in [0.2, 0.25) is 5.78 Å². The van der Waals surface area contributed by atoms with E-state index in [0.717, 1.165) is 45.3 Å². The second-order valence-corrected chi connectivity index (χ2v) is 5.68. The van der Waals surface area contributed by atoms with Crippen LogP contribution in [0.1, 0.15) is 43.2 Å². The highest BCUT2D eigenvalue weighted by Gasteiger charge is 2.58. The first kappa shape index (κ1) is 11.9. The van der Waals surface area contributed by atoms with E-state index in [-0.39, 0.29) is 11.7 Å². The topological polar surface area (TPSA) is 46.9 Å². The molecule has 0 aromatic carbocycles. The van der Waals surface area contributed by atoms with Crippen LogP contribution in [-0.4, -0.2) is 28.4 Å². The summed E-state index contributed by atoms with van der Waals surface area (Å²) in [6.45, 7) is 5.14. The monoisotopic (exact) mass is 247 g/mol. The summed E-state index contributed by atoms with van der Waals surface area (Å²) in [6.07, 6.45) is 8.09. The Kier molecular flexibility index (Phi) is 2.98. The first-order valence-electron chi connectivity index (χ1n) is 7.03. The molecule has 4 heteroatoms. The lowest BCUT2D eigenvalue weighted by Gasteiger charge is -2.23. The number of hydrogen-bond donors (Lipinski definition) is 1. The summed E-state index contributed by atoms with van der Waals surface area (Å²) in [5.74, 6) is 1.19. The van der Waals surface area contributed by atoms with Crippen molar-refractivity contribution < 1.29 is 4.79 Å². The van der Waals surface area contributed by atoms with Crippen molar-refractivity contribution >= 4 is 5.78 Å². The first-order valence-corrected chi connectivity index (χ1v) is 7.03. The number of imidazole rings is 1. The number of nitrogens with one attached hydrogen (secondary N) is 1. The maximum atomic E-state index is 12.5. The van der Waals surface area contributed by atoms with Crippen LogP contribution in [0.3, 0.4) is 0 Å². The third-order valence-electron chi connectivity index (χ3n) is 4.51. The Morgan fingerprint density at radius 1 is 1.56 bits per heavy atom. The van der Waals surface area contributed by atoms with E-state index in [1.165, 1.54) is 0 Å². The van der Waals surface area contributed by atoms with Crippen LogP contribution in [0.25, 0.3) is 0 Å². The first-order chi connectivity index (χ1) is 8.77. The van der Waals surface area contributed by atoms with Gasteiger partial charge >= 0.3 is 0 Å². The van der Waals surface area contributed by atoms with E-state index in [1.807, 2.05) is 10.8 Å². The predicted octanol–water partition coefficient (Wildman–Crippen LogP) is 1.87. The zero-order valence-corrected chi connectivity index (χ0v) is 11.0. The molecule has 2 aliphatic rings. The van der Waals surface area contributed by atoms with Crippen molar-refractivity contribution in [1.29, 1.82) is 0 Å². The summed E-state index contributed by atoms with van der Waals surface area (Å²) in [4.78, 5) is 16.8. The van der Waals surface area contributed by atoms with E-state index in [4.69, 9.17) is 0 Å². The van der Waals surface area contributed by atoms with Gasteiger partial charge in [-0.15, -0.1) is 0 Å². The highest BCUT2D eigenvalue weighted by atomic mass is 16.1. The second-order valence-electron chi connectivity index (χ2n) is 5.68. The Hall–Kier alpha value is -1.16. The van der Waals surface area contributed by atoms with Gasteiger partial charge in [0, 0.05) is 24.9 Å². The molecule has 1 aromatic heterocycles. The van der Waals surface area contributed by atoms with Gasteiger partial charge in [0.25, 0.3) is 0 Å². The van der Waals surface area contributed by atoms with Crippen LogP contribution in [0, 0.1) is 11.3 Å². The SMILES string of the molecule is CCCn1ccnc1C(=O)C1CC12CCNCC2.